The van der Waals surface area contributed by atoms with Crippen LogP contribution in [-0.4, -0.2) is 56.8 Å². The predicted octanol–water partition coefficient (Wildman–Crippen LogP) is 4.42. The van der Waals surface area contributed by atoms with Gasteiger partial charge >= 0.3 is 6.09 Å². The molecule has 1 aromatic heterocycles. The Kier molecular flexibility index (Phi) is 6.11. The van der Waals surface area contributed by atoms with Crippen LogP contribution in [0.25, 0.3) is 5.69 Å². The van der Waals surface area contributed by atoms with Crippen molar-refractivity contribution >= 4 is 12.0 Å². The highest BCUT2D eigenvalue weighted by Gasteiger charge is 2.41. The molecular formula is C28H33N5O3. The van der Waals surface area contributed by atoms with Crippen LogP contribution in [0.3, 0.4) is 0 Å². The largest absolute Gasteiger partial charge is 0.444 e. The van der Waals surface area contributed by atoms with Crippen molar-refractivity contribution in [3.8, 4) is 11.8 Å². The third-order valence-corrected chi connectivity index (χ3v) is 7.47. The van der Waals surface area contributed by atoms with E-state index in [1.165, 1.54) is 30.9 Å². The molecule has 3 aliphatic rings. The average molecular weight is 488 g/mol. The molecule has 0 spiro atoms. The molecule has 2 aromatic rings. The van der Waals surface area contributed by atoms with Gasteiger partial charge in [-0.25, -0.2) is 9.48 Å². The summed E-state index contributed by atoms with van der Waals surface area (Å²) in [6, 6.07) is 8.15. The van der Waals surface area contributed by atoms with Crippen molar-refractivity contribution in [2.24, 2.45) is 0 Å². The molecule has 2 aliphatic heterocycles. The van der Waals surface area contributed by atoms with Crippen LogP contribution in [0.15, 0.2) is 30.9 Å². The first-order valence-corrected chi connectivity index (χ1v) is 12.8. The Balaban J connectivity index is 1.57. The van der Waals surface area contributed by atoms with Crippen molar-refractivity contribution in [2.45, 2.75) is 70.4 Å². The molecule has 8 nitrogen and oxygen atoms in total. The zero-order chi connectivity index (χ0) is 25.6. The maximum absolute atomic E-state index is 13.2. The topological polar surface area (TPSA) is 91.5 Å². The average Bonchev–Trinajstić information content (AvgIpc) is 3.06. The minimum Gasteiger partial charge on any atom is -0.444 e. The molecule has 1 saturated carbocycles. The lowest BCUT2D eigenvalue weighted by Gasteiger charge is -2.38. The maximum atomic E-state index is 13.2. The summed E-state index contributed by atoms with van der Waals surface area (Å²) in [6.07, 6.45) is 5.66. The van der Waals surface area contributed by atoms with E-state index < -0.39 is 11.7 Å². The number of nitriles is 1. The van der Waals surface area contributed by atoms with Gasteiger partial charge in [-0.05, 0) is 63.3 Å². The Morgan fingerprint density at radius 3 is 2.64 bits per heavy atom. The van der Waals surface area contributed by atoms with E-state index in [1.807, 2.05) is 37.6 Å². The van der Waals surface area contributed by atoms with E-state index in [2.05, 4.69) is 18.7 Å². The molecule has 36 heavy (non-hydrogen) atoms. The van der Waals surface area contributed by atoms with Gasteiger partial charge in [-0.3, -0.25) is 9.69 Å². The Morgan fingerprint density at radius 2 is 2.00 bits per heavy atom. The number of rotatable bonds is 3. The molecule has 1 atom stereocenters. The zero-order valence-electron chi connectivity index (χ0n) is 21.3. The normalized spacial score (nSPS) is 19.6. The number of amides is 2. The molecule has 188 valence electrons. The van der Waals surface area contributed by atoms with E-state index in [9.17, 15) is 14.9 Å². The smallest absolute Gasteiger partial charge is 0.410 e. The zero-order valence-corrected chi connectivity index (χ0v) is 21.3. The van der Waals surface area contributed by atoms with E-state index in [0.29, 0.717) is 44.0 Å². The summed E-state index contributed by atoms with van der Waals surface area (Å²) < 4.78 is 7.62. The van der Waals surface area contributed by atoms with Crippen molar-refractivity contribution in [3.63, 3.8) is 0 Å². The number of hydrogen-bond acceptors (Lipinski definition) is 5. The van der Waals surface area contributed by atoms with Crippen LogP contribution in [0, 0.1) is 11.3 Å². The highest BCUT2D eigenvalue weighted by molar-refractivity contribution is 5.87. The first kappa shape index (κ1) is 24.1. The van der Waals surface area contributed by atoms with Crippen LogP contribution < -0.4 is 0 Å². The molecule has 1 aliphatic carbocycles. The SMILES string of the molecule is C=CC(=O)N1CCc2nn(-c3ccc(C4CCC4)cc3C#N)c3c2C(C1)N(C(=O)OC(C)(C)C)CC3. The monoisotopic (exact) mass is 487 g/mol. The van der Waals surface area contributed by atoms with Gasteiger partial charge in [0, 0.05) is 38.0 Å². The van der Waals surface area contributed by atoms with E-state index in [4.69, 9.17) is 9.84 Å². The highest BCUT2D eigenvalue weighted by Crippen LogP contribution is 2.40. The second kappa shape index (κ2) is 9.12. The Bertz CT molecular complexity index is 1260. The summed E-state index contributed by atoms with van der Waals surface area (Å²) in [7, 11) is 0. The molecule has 2 amide bonds. The number of carbonyl (C=O) groups excluding carboxylic acids is 2. The minimum atomic E-state index is -0.629. The summed E-state index contributed by atoms with van der Waals surface area (Å²) in [5.74, 6) is 0.377. The first-order chi connectivity index (χ1) is 17.2. The van der Waals surface area contributed by atoms with Gasteiger partial charge in [-0.1, -0.05) is 19.1 Å². The molecule has 1 aromatic carbocycles. The first-order valence-electron chi connectivity index (χ1n) is 12.8. The number of aromatic nitrogens is 2. The van der Waals surface area contributed by atoms with Crippen molar-refractivity contribution in [2.75, 3.05) is 19.6 Å². The van der Waals surface area contributed by atoms with Crippen LogP contribution in [0.5, 0.6) is 0 Å². The highest BCUT2D eigenvalue weighted by atomic mass is 16.6. The lowest BCUT2D eigenvalue weighted by atomic mass is 9.79. The van der Waals surface area contributed by atoms with Crippen LogP contribution >= 0.6 is 0 Å². The number of nitrogens with zero attached hydrogens (tertiary/aromatic N) is 5. The Morgan fingerprint density at radius 1 is 1.22 bits per heavy atom. The van der Waals surface area contributed by atoms with Gasteiger partial charge in [0.05, 0.1) is 28.7 Å². The summed E-state index contributed by atoms with van der Waals surface area (Å²) in [6.45, 7) is 10.5. The maximum Gasteiger partial charge on any atom is 0.410 e. The molecular weight excluding hydrogens is 454 g/mol. The van der Waals surface area contributed by atoms with E-state index in [1.54, 1.807) is 9.80 Å². The van der Waals surface area contributed by atoms with Crippen molar-refractivity contribution in [1.82, 2.24) is 19.6 Å². The third-order valence-electron chi connectivity index (χ3n) is 7.47. The molecule has 0 radical (unpaired) electrons. The minimum absolute atomic E-state index is 0.164. The fourth-order valence-electron chi connectivity index (χ4n) is 5.49. The third kappa shape index (κ3) is 4.27. The molecule has 0 saturated heterocycles. The van der Waals surface area contributed by atoms with E-state index in [0.717, 1.165) is 22.6 Å². The number of benzene rings is 1. The quantitative estimate of drug-likeness (QED) is 0.598. The standard InChI is InChI=1S/C28H33N5O3/c1-5-25(34)31-13-11-21-26-23(12-14-32(24(26)17-31)27(35)36-28(2,3)4)33(30-21)22-10-9-19(15-20(22)16-29)18-7-6-8-18/h5,9-10,15,18,24H,1,6-8,11-14,17H2,2-4H3. The molecule has 5 rings (SSSR count). The van der Waals surface area contributed by atoms with Gasteiger partial charge in [0.2, 0.25) is 5.91 Å². The number of carbonyl (C=O) groups is 2. The Hall–Kier alpha value is -3.60. The summed E-state index contributed by atoms with van der Waals surface area (Å²) in [5, 5.41) is 15.0. The summed E-state index contributed by atoms with van der Waals surface area (Å²) in [5.41, 5.74) is 4.80. The van der Waals surface area contributed by atoms with Gasteiger partial charge in [-0.2, -0.15) is 10.4 Å². The van der Waals surface area contributed by atoms with Crippen molar-refractivity contribution in [3.05, 3.63) is 58.9 Å². The Labute approximate surface area is 212 Å². The van der Waals surface area contributed by atoms with Gasteiger partial charge < -0.3 is 9.64 Å². The van der Waals surface area contributed by atoms with E-state index >= 15 is 0 Å². The molecule has 0 N–H and O–H groups in total. The van der Waals surface area contributed by atoms with Gasteiger partial charge in [0.25, 0.3) is 0 Å². The fourth-order valence-corrected chi connectivity index (χ4v) is 5.49. The van der Waals surface area contributed by atoms with Gasteiger partial charge in [0.15, 0.2) is 0 Å². The van der Waals surface area contributed by atoms with Gasteiger partial charge in [-0.15, -0.1) is 0 Å². The van der Waals surface area contributed by atoms with Crippen molar-refractivity contribution < 1.29 is 14.3 Å². The van der Waals surface area contributed by atoms with E-state index in [-0.39, 0.29) is 11.9 Å². The second-order valence-electron chi connectivity index (χ2n) is 10.9. The second-order valence-corrected chi connectivity index (χ2v) is 10.9. The van der Waals surface area contributed by atoms with Crippen LogP contribution in [0.4, 0.5) is 4.79 Å². The lowest BCUT2D eigenvalue weighted by Crippen LogP contribution is -2.47. The fraction of sp³-hybridized carbons (Fsp3) is 0.500. The van der Waals surface area contributed by atoms with Crippen LogP contribution in [0.2, 0.25) is 0 Å². The summed E-state index contributed by atoms with van der Waals surface area (Å²) >= 11 is 0. The molecule has 3 heterocycles. The lowest BCUT2D eigenvalue weighted by molar-refractivity contribution is -0.126. The molecule has 1 fully saturated rings. The predicted molar refractivity (Wildman–Crippen MR) is 135 cm³/mol. The van der Waals surface area contributed by atoms with Crippen LogP contribution in [-0.2, 0) is 22.4 Å². The van der Waals surface area contributed by atoms with Crippen LogP contribution in [0.1, 0.15) is 80.1 Å². The number of hydrogen-bond donors (Lipinski definition) is 0. The molecule has 8 heteroatoms. The molecule has 0 bridgehead atoms. The number of ether oxygens (including phenoxy) is 1. The summed E-state index contributed by atoms with van der Waals surface area (Å²) in [4.78, 5) is 29.2. The van der Waals surface area contributed by atoms with Crippen molar-refractivity contribution in [1.29, 1.82) is 5.26 Å². The molecule has 1 unspecified atom stereocenters. The van der Waals surface area contributed by atoms with Gasteiger partial charge in [0.1, 0.15) is 11.7 Å².